The highest BCUT2D eigenvalue weighted by atomic mass is 16.7. The van der Waals surface area contributed by atoms with Crippen molar-refractivity contribution in [2.75, 3.05) is 6.54 Å². The number of nitrogens with one attached hydrogen (secondary N) is 1. The van der Waals surface area contributed by atoms with Crippen LogP contribution in [0.5, 0.6) is 0 Å². The molecule has 3 saturated carbocycles. The van der Waals surface area contributed by atoms with Gasteiger partial charge < -0.3 is 20.4 Å². The Morgan fingerprint density at radius 1 is 1.29 bits per heavy atom. The van der Waals surface area contributed by atoms with Gasteiger partial charge in [0.25, 0.3) is 0 Å². The molecule has 0 spiro atoms. The number of rotatable bonds is 6. The first kappa shape index (κ1) is 19.9. The standard InChI is InChI=1S/C22H33BN2O3/c1-14(13-25-20(26)17(24)10-15-8-6-5-7-9-15)23-27-19-12-16-11-18(21(16,2)3)22(19,4)28-23/h5-9,14,16-19H,10-13,24H2,1-4H3,(H,25,26)/t14-,16?,17+,18?,19?,22-/m1/s1. The summed E-state index contributed by atoms with van der Waals surface area (Å²) in [6.07, 6.45) is 3.04. The quantitative estimate of drug-likeness (QED) is 0.740. The fraction of sp³-hybridized carbons (Fsp3) is 0.682. The van der Waals surface area contributed by atoms with Gasteiger partial charge in [0.05, 0.1) is 17.7 Å². The summed E-state index contributed by atoms with van der Waals surface area (Å²) < 4.78 is 12.8. The minimum Gasteiger partial charge on any atom is -0.405 e. The van der Waals surface area contributed by atoms with E-state index >= 15 is 0 Å². The maximum Gasteiger partial charge on any atom is 0.462 e. The van der Waals surface area contributed by atoms with Crippen molar-refractivity contribution in [2.45, 2.75) is 70.5 Å². The van der Waals surface area contributed by atoms with Gasteiger partial charge in [-0.1, -0.05) is 51.1 Å². The molecular weight excluding hydrogens is 351 g/mol. The summed E-state index contributed by atoms with van der Waals surface area (Å²) in [5, 5.41) is 2.99. The number of hydrogen-bond donors (Lipinski definition) is 2. The predicted octanol–water partition coefficient (Wildman–Crippen LogP) is 2.79. The van der Waals surface area contributed by atoms with E-state index in [1.54, 1.807) is 0 Å². The van der Waals surface area contributed by atoms with E-state index in [0.29, 0.717) is 24.3 Å². The fourth-order valence-electron chi connectivity index (χ4n) is 5.59. The van der Waals surface area contributed by atoms with Crippen molar-refractivity contribution in [3.8, 4) is 0 Å². The summed E-state index contributed by atoms with van der Waals surface area (Å²) in [5.74, 6) is 1.25. The average molecular weight is 384 g/mol. The third-order valence-corrected chi connectivity index (χ3v) is 7.67. The number of carbonyl (C=O) groups excluding carboxylic acids is 1. The predicted molar refractivity (Wildman–Crippen MR) is 111 cm³/mol. The molecule has 6 atom stereocenters. The van der Waals surface area contributed by atoms with E-state index in [0.717, 1.165) is 17.9 Å². The third-order valence-electron chi connectivity index (χ3n) is 7.67. The molecular formula is C22H33BN2O3. The Labute approximate surface area is 168 Å². The van der Waals surface area contributed by atoms with Crippen molar-refractivity contribution < 1.29 is 14.1 Å². The highest BCUT2D eigenvalue weighted by Crippen LogP contribution is 2.66. The highest BCUT2D eigenvalue weighted by molar-refractivity contribution is 6.47. The highest BCUT2D eigenvalue weighted by Gasteiger charge is 2.68. The zero-order valence-electron chi connectivity index (χ0n) is 17.5. The second kappa shape index (κ2) is 7.15. The first-order valence-electron chi connectivity index (χ1n) is 10.6. The van der Waals surface area contributed by atoms with Crippen LogP contribution < -0.4 is 11.1 Å². The number of amides is 1. The smallest absolute Gasteiger partial charge is 0.405 e. The molecule has 3 unspecified atom stereocenters. The zero-order chi connectivity index (χ0) is 20.1. The molecule has 4 fully saturated rings. The molecule has 1 aromatic rings. The minimum atomic E-state index is -0.548. The molecule has 0 aromatic heterocycles. The van der Waals surface area contributed by atoms with Crippen LogP contribution in [0.2, 0.25) is 5.82 Å². The lowest BCUT2D eigenvalue weighted by Crippen LogP contribution is -2.65. The van der Waals surface area contributed by atoms with Crippen molar-refractivity contribution in [1.29, 1.82) is 0 Å². The van der Waals surface area contributed by atoms with Crippen LogP contribution in [-0.2, 0) is 20.5 Å². The molecule has 3 aliphatic carbocycles. The Balaban J connectivity index is 1.29. The summed E-state index contributed by atoms with van der Waals surface area (Å²) in [5.41, 5.74) is 7.29. The molecule has 1 aliphatic heterocycles. The largest absolute Gasteiger partial charge is 0.462 e. The van der Waals surface area contributed by atoms with Gasteiger partial charge in [-0.05, 0) is 49.0 Å². The van der Waals surface area contributed by atoms with Gasteiger partial charge in [0.1, 0.15) is 0 Å². The Morgan fingerprint density at radius 2 is 2.00 bits per heavy atom. The molecule has 4 aliphatic rings. The second-order valence-electron chi connectivity index (χ2n) is 9.86. The van der Waals surface area contributed by atoms with E-state index in [2.05, 4.69) is 33.0 Å². The number of nitrogens with two attached hydrogens (primary N) is 1. The summed E-state index contributed by atoms with van der Waals surface area (Å²) in [6.45, 7) is 9.53. The molecule has 1 saturated heterocycles. The molecule has 5 nitrogen and oxygen atoms in total. The van der Waals surface area contributed by atoms with Gasteiger partial charge in [0.2, 0.25) is 5.91 Å². The van der Waals surface area contributed by atoms with Crippen molar-refractivity contribution in [2.24, 2.45) is 23.0 Å². The monoisotopic (exact) mass is 384 g/mol. The lowest BCUT2D eigenvalue weighted by molar-refractivity contribution is -0.199. The third kappa shape index (κ3) is 3.29. The number of benzene rings is 1. The van der Waals surface area contributed by atoms with Gasteiger partial charge in [0, 0.05) is 12.4 Å². The van der Waals surface area contributed by atoms with E-state index in [1.165, 1.54) is 6.42 Å². The first-order chi connectivity index (χ1) is 13.2. The molecule has 5 rings (SSSR count). The van der Waals surface area contributed by atoms with E-state index in [-0.39, 0.29) is 30.5 Å². The van der Waals surface area contributed by atoms with Crippen molar-refractivity contribution in [3.63, 3.8) is 0 Å². The van der Waals surface area contributed by atoms with Crippen LogP contribution in [0.25, 0.3) is 0 Å². The van der Waals surface area contributed by atoms with Gasteiger partial charge in [-0.25, -0.2) is 0 Å². The van der Waals surface area contributed by atoms with Crippen molar-refractivity contribution >= 4 is 13.0 Å². The van der Waals surface area contributed by atoms with Crippen LogP contribution in [0.4, 0.5) is 0 Å². The molecule has 28 heavy (non-hydrogen) atoms. The van der Waals surface area contributed by atoms with E-state index in [4.69, 9.17) is 15.0 Å². The Hall–Kier alpha value is -1.37. The topological polar surface area (TPSA) is 73.6 Å². The molecule has 3 N–H and O–H groups in total. The van der Waals surface area contributed by atoms with Crippen LogP contribution in [-0.4, -0.2) is 37.3 Å². The van der Waals surface area contributed by atoms with Crippen LogP contribution in [0, 0.1) is 17.3 Å². The fourth-order valence-corrected chi connectivity index (χ4v) is 5.59. The first-order valence-corrected chi connectivity index (χ1v) is 10.6. The van der Waals surface area contributed by atoms with Crippen molar-refractivity contribution in [1.82, 2.24) is 5.32 Å². The maximum absolute atomic E-state index is 12.4. The minimum absolute atomic E-state index is 0.0793. The van der Waals surface area contributed by atoms with E-state index in [1.807, 2.05) is 30.3 Å². The van der Waals surface area contributed by atoms with Gasteiger partial charge >= 0.3 is 7.12 Å². The molecule has 6 heteroatoms. The van der Waals surface area contributed by atoms with Gasteiger partial charge in [-0.15, -0.1) is 0 Å². The SMILES string of the molecule is C[C@H](CNC(=O)[C@@H](N)Cc1ccccc1)B1OC2CC3CC(C3(C)C)[C@@]2(C)O1. The van der Waals surface area contributed by atoms with Gasteiger partial charge in [-0.2, -0.15) is 0 Å². The lowest BCUT2D eigenvalue weighted by Gasteiger charge is -2.64. The molecule has 1 aromatic carbocycles. The summed E-state index contributed by atoms with van der Waals surface area (Å²) >= 11 is 0. The van der Waals surface area contributed by atoms with Gasteiger partial charge in [-0.3, -0.25) is 4.79 Å². The van der Waals surface area contributed by atoms with Gasteiger partial charge in [0.15, 0.2) is 0 Å². The van der Waals surface area contributed by atoms with Crippen molar-refractivity contribution in [3.05, 3.63) is 35.9 Å². The lowest BCUT2D eigenvalue weighted by atomic mass is 9.43. The molecule has 2 bridgehead atoms. The number of hydrogen-bond acceptors (Lipinski definition) is 4. The average Bonchev–Trinajstić information content (AvgIpc) is 3.03. The summed E-state index contributed by atoms with van der Waals surface area (Å²) in [7, 11) is -0.268. The summed E-state index contributed by atoms with van der Waals surface area (Å²) in [4.78, 5) is 12.4. The van der Waals surface area contributed by atoms with Crippen LogP contribution in [0.15, 0.2) is 30.3 Å². The normalized spacial score (nSPS) is 34.9. The van der Waals surface area contributed by atoms with Crippen LogP contribution in [0.1, 0.15) is 46.1 Å². The zero-order valence-corrected chi connectivity index (χ0v) is 17.5. The number of carbonyl (C=O) groups is 1. The summed E-state index contributed by atoms with van der Waals surface area (Å²) in [6, 6.07) is 9.32. The Morgan fingerprint density at radius 3 is 2.68 bits per heavy atom. The van der Waals surface area contributed by atoms with E-state index < -0.39 is 6.04 Å². The molecule has 0 radical (unpaired) electrons. The second-order valence-corrected chi connectivity index (χ2v) is 9.86. The molecule has 152 valence electrons. The van der Waals surface area contributed by atoms with Crippen LogP contribution >= 0.6 is 0 Å². The maximum atomic E-state index is 12.4. The van der Waals surface area contributed by atoms with E-state index in [9.17, 15) is 4.79 Å². The Bertz CT molecular complexity index is 728. The van der Waals surface area contributed by atoms with Crippen LogP contribution in [0.3, 0.4) is 0 Å². The molecule has 1 amide bonds. The molecule has 1 heterocycles. The Kier molecular flexibility index (Phi) is 5.09.